The molecule has 1 aromatic carbocycles. The van der Waals surface area contributed by atoms with Crippen LogP contribution in [0.1, 0.15) is 25.7 Å². The topological polar surface area (TPSA) is 49.4 Å². The minimum absolute atomic E-state index is 0.382. The van der Waals surface area contributed by atoms with Crippen molar-refractivity contribution in [3.8, 4) is 0 Å². The number of fused-ring (bicyclic) bond motifs is 2. The molecule has 5 heteroatoms. The van der Waals surface area contributed by atoms with Gasteiger partial charge in [-0.1, -0.05) is 18.6 Å². The third-order valence-corrected chi connectivity index (χ3v) is 6.60. The first-order valence-corrected chi connectivity index (χ1v) is 8.70. The third-order valence-electron chi connectivity index (χ3n) is 4.72. The smallest absolute Gasteiger partial charge is 0.244 e. The van der Waals surface area contributed by atoms with E-state index in [1.165, 1.54) is 30.0 Å². The first-order chi connectivity index (χ1) is 9.48. The van der Waals surface area contributed by atoms with Crippen LogP contribution in [0.5, 0.6) is 0 Å². The monoisotopic (exact) mass is 294 g/mol. The van der Waals surface area contributed by atoms with Crippen molar-refractivity contribution in [2.45, 2.75) is 36.6 Å². The summed E-state index contributed by atoms with van der Waals surface area (Å²) >= 11 is 0. The molecule has 0 aromatic heterocycles. The molecule has 0 heterocycles. The molecule has 2 aliphatic carbocycles. The third kappa shape index (κ3) is 2.33. The lowest BCUT2D eigenvalue weighted by Gasteiger charge is -2.25. The minimum atomic E-state index is -3.39. The molecule has 0 aliphatic heterocycles. The van der Waals surface area contributed by atoms with Crippen LogP contribution in [0.4, 0.5) is 5.69 Å². The fourth-order valence-corrected chi connectivity index (χ4v) is 4.68. The molecule has 0 radical (unpaired) electrons. The zero-order valence-electron chi connectivity index (χ0n) is 12.0. The van der Waals surface area contributed by atoms with Crippen LogP contribution in [0.25, 0.3) is 0 Å². The number of rotatable bonds is 4. The standard InChI is InChI=1S/C15H22N2O2S/c1-17(2)20(18,19)15-6-4-3-5-13(15)16-14-10-11-7-8-12(14)9-11/h3-6,11-12,14,16H,7-10H2,1-2H3. The Morgan fingerprint density at radius 1 is 1.15 bits per heavy atom. The van der Waals surface area contributed by atoms with Crippen molar-refractivity contribution < 1.29 is 8.42 Å². The average molecular weight is 294 g/mol. The van der Waals surface area contributed by atoms with E-state index in [2.05, 4.69) is 5.32 Å². The summed E-state index contributed by atoms with van der Waals surface area (Å²) in [6.07, 6.45) is 5.12. The van der Waals surface area contributed by atoms with Gasteiger partial charge >= 0.3 is 0 Å². The minimum Gasteiger partial charge on any atom is -0.381 e. The molecule has 2 bridgehead atoms. The molecule has 0 spiro atoms. The maximum Gasteiger partial charge on any atom is 0.244 e. The molecule has 3 unspecified atom stereocenters. The first-order valence-electron chi connectivity index (χ1n) is 7.26. The molecule has 110 valence electrons. The van der Waals surface area contributed by atoms with Crippen LogP contribution >= 0.6 is 0 Å². The zero-order chi connectivity index (χ0) is 14.3. The molecule has 20 heavy (non-hydrogen) atoms. The van der Waals surface area contributed by atoms with Gasteiger partial charge in [-0.15, -0.1) is 0 Å². The van der Waals surface area contributed by atoms with Crippen LogP contribution in [0, 0.1) is 11.8 Å². The van der Waals surface area contributed by atoms with Crippen LogP contribution in [0.3, 0.4) is 0 Å². The Kier molecular flexibility index (Phi) is 3.50. The molecule has 3 atom stereocenters. The van der Waals surface area contributed by atoms with E-state index in [1.54, 1.807) is 26.2 Å². The molecular weight excluding hydrogens is 272 g/mol. The van der Waals surface area contributed by atoms with Gasteiger partial charge in [-0.3, -0.25) is 0 Å². The van der Waals surface area contributed by atoms with Crippen LogP contribution < -0.4 is 5.32 Å². The van der Waals surface area contributed by atoms with E-state index < -0.39 is 10.0 Å². The molecule has 4 nitrogen and oxygen atoms in total. The highest BCUT2D eigenvalue weighted by Crippen LogP contribution is 2.45. The van der Waals surface area contributed by atoms with Crippen molar-refractivity contribution in [3.05, 3.63) is 24.3 Å². The summed E-state index contributed by atoms with van der Waals surface area (Å²) in [7, 11) is -0.245. The highest BCUT2D eigenvalue weighted by molar-refractivity contribution is 7.89. The largest absolute Gasteiger partial charge is 0.381 e. The Labute approximate surface area is 121 Å². The van der Waals surface area contributed by atoms with Gasteiger partial charge in [0.05, 0.1) is 5.69 Å². The summed E-state index contributed by atoms with van der Waals surface area (Å²) in [5.74, 6) is 1.56. The normalized spacial score (nSPS) is 29.1. The number of hydrogen-bond acceptors (Lipinski definition) is 3. The molecular formula is C15H22N2O2S. The van der Waals surface area contributed by atoms with Gasteiger partial charge in [0.2, 0.25) is 10.0 Å². The van der Waals surface area contributed by atoms with Crippen LogP contribution in [-0.2, 0) is 10.0 Å². The van der Waals surface area contributed by atoms with Gasteiger partial charge in [-0.05, 0) is 43.2 Å². The summed E-state index contributed by atoms with van der Waals surface area (Å²) in [6.45, 7) is 0. The summed E-state index contributed by atoms with van der Waals surface area (Å²) in [6, 6.07) is 7.67. The second kappa shape index (κ2) is 5.04. The van der Waals surface area contributed by atoms with Gasteiger partial charge < -0.3 is 5.32 Å². The molecule has 0 amide bonds. The number of anilines is 1. The lowest BCUT2D eigenvalue weighted by molar-refractivity contribution is 0.439. The fraction of sp³-hybridized carbons (Fsp3) is 0.600. The lowest BCUT2D eigenvalue weighted by Crippen LogP contribution is -2.28. The van der Waals surface area contributed by atoms with Crippen molar-refractivity contribution in [1.29, 1.82) is 0 Å². The maximum atomic E-state index is 12.4. The Morgan fingerprint density at radius 2 is 1.90 bits per heavy atom. The maximum absolute atomic E-state index is 12.4. The fourth-order valence-electron chi connectivity index (χ4n) is 3.63. The summed E-state index contributed by atoms with van der Waals surface area (Å²) in [5.41, 5.74) is 0.749. The number of hydrogen-bond donors (Lipinski definition) is 1. The van der Waals surface area contributed by atoms with E-state index in [4.69, 9.17) is 0 Å². The quantitative estimate of drug-likeness (QED) is 0.928. The Morgan fingerprint density at radius 3 is 2.50 bits per heavy atom. The van der Waals surface area contributed by atoms with Crippen LogP contribution in [0.15, 0.2) is 29.2 Å². The molecule has 2 fully saturated rings. The van der Waals surface area contributed by atoms with E-state index in [-0.39, 0.29) is 0 Å². The van der Waals surface area contributed by atoms with E-state index in [1.807, 2.05) is 12.1 Å². The van der Waals surface area contributed by atoms with Crippen LogP contribution in [-0.4, -0.2) is 32.9 Å². The predicted molar refractivity (Wildman–Crippen MR) is 80.2 cm³/mol. The molecule has 0 saturated heterocycles. The van der Waals surface area contributed by atoms with Crippen molar-refractivity contribution in [3.63, 3.8) is 0 Å². The Bertz CT molecular complexity index is 598. The molecule has 2 saturated carbocycles. The first kappa shape index (κ1) is 13.9. The van der Waals surface area contributed by atoms with E-state index in [9.17, 15) is 8.42 Å². The molecule has 2 aliphatic rings. The van der Waals surface area contributed by atoms with Gasteiger partial charge in [-0.25, -0.2) is 12.7 Å². The van der Waals surface area contributed by atoms with Gasteiger partial charge in [0.25, 0.3) is 0 Å². The SMILES string of the molecule is CN(C)S(=O)(=O)c1ccccc1NC1CC2CCC1C2. The summed E-state index contributed by atoms with van der Waals surface area (Å²) in [4.78, 5) is 0.382. The van der Waals surface area contributed by atoms with Crippen molar-refractivity contribution in [2.75, 3.05) is 19.4 Å². The molecule has 3 rings (SSSR count). The average Bonchev–Trinajstić information content (AvgIpc) is 3.01. The summed E-state index contributed by atoms with van der Waals surface area (Å²) in [5, 5.41) is 3.50. The zero-order valence-corrected chi connectivity index (χ0v) is 12.9. The Balaban J connectivity index is 1.87. The number of nitrogens with one attached hydrogen (secondary N) is 1. The highest BCUT2D eigenvalue weighted by Gasteiger charge is 2.39. The number of para-hydroxylation sites is 1. The molecule has 1 aromatic rings. The summed E-state index contributed by atoms with van der Waals surface area (Å²) < 4.78 is 26.0. The van der Waals surface area contributed by atoms with Crippen molar-refractivity contribution in [2.24, 2.45) is 11.8 Å². The predicted octanol–water partition coefficient (Wildman–Crippen LogP) is 2.54. The lowest BCUT2D eigenvalue weighted by atomic mass is 9.95. The number of sulfonamides is 1. The van der Waals surface area contributed by atoms with E-state index in [0.29, 0.717) is 10.9 Å². The number of nitrogens with zero attached hydrogens (tertiary/aromatic N) is 1. The van der Waals surface area contributed by atoms with Crippen molar-refractivity contribution >= 4 is 15.7 Å². The van der Waals surface area contributed by atoms with E-state index in [0.717, 1.165) is 17.5 Å². The second-order valence-corrected chi connectivity index (χ2v) is 8.33. The van der Waals surface area contributed by atoms with Crippen LogP contribution in [0.2, 0.25) is 0 Å². The van der Waals surface area contributed by atoms with Gasteiger partial charge in [-0.2, -0.15) is 0 Å². The van der Waals surface area contributed by atoms with Crippen molar-refractivity contribution in [1.82, 2.24) is 4.31 Å². The number of benzene rings is 1. The van der Waals surface area contributed by atoms with Gasteiger partial charge in [0.15, 0.2) is 0 Å². The second-order valence-electron chi connectivity index (χ2n) is 6.21. The van der Waals surface area contributed by atoms with Gasteiger partial charge in [0, 0.05) is 20.1 Å². The highest BCUT2D eigenvalue weighted by atomic mass is 32.2. The molecule has 1 N–H and O–H groups in total. The Hall–Kier alpha value is -1.07. The van der Waals surface area contributed by atoms with Gasteiger partial charge in [0.1, 0.15) is 4.90 Å². The van der Waals surface area contributed by atoms with E-state index >= 15 is 0 Å².